The topological polar surface area (TPSA) is 50.9 Å². The van der Waals surface area contributed by atoms with Gasteiger partial charge in [-0.25, -0.2) is 4.98 Å². The molecule has 0 radical (unpaired) electrons. The first-order chi connectivity index (χ1) is 7.99. The van der Waals surface area contributed by atoms with Gasteiger partial charge in [0.25, 0.3) is 0 Å². The van der Waals surface area contributed by atoms with Crippen molar-refractivity contribution < 1.29 is 0 Å². The summed E-state index contributed by atoms with van der Waals surface area (Å²) in [6.07, 6.45) is 1.83. The summed E-state index contributed by atoms with van der Waals surface area (Å²) < 4.78 is 0. The number of aromatic nitrogens is 1. The van der Waals surface area contributed by atoms with Crippen molar-refractivity contribution >= 4 is 22.7 Å². The van der Waals surface area contributed by atoms with Gasteiger partial charge in [-0.15, -0.1) is 11.3 Å². The molecular weight excluding hydrogens is 230 g/mol. The van der Waals surface area contributed by atoms with E-state index in [0.717, 1.165) is 21.9 Å². The average molecular weight is 247 g/mol. The number of hydrogen-bond donors (Lipinski definition) is 2. The molecule has 2 rings (SSSR count). The van der Waals surface area contributed by atoms with E-state index in [9.17, 15) is 0 Å². The van der Waals surface area contributed by atoms with Crippen LogP contribution in [0.3, 0.4) is 0 Å². The highest BCUT2D eigenvalue weighted by Gasteiger charge is 2.22. The highest BCUT2D eigenvalue weighted by atomic mass is 32.1. The molecule has 0 aliphatic heterocycles. The number of anilines is 2. The lowest BCUT2D eigenvalue weighted by Crippen LogP contribution is -2.27. The molecule has 4 heteroatoms. The van der Waals surface area contributed by atoms with Crippen LogP contribution in [0.2, 0.25) is 0 Å². The first-order valence-corrected chi connectivity index (χ1v) is 6.41. The van der Waals surface area contributed by atoms with E-state index in [1.165, 1.54) is 0 Å². The minimum absolute atomic E-state index is 0.170. The number of aryl methyl sites for hydroxylation is 1. The molecular formula is C13H17N3S. The zero-order valence-corrected chi connectivity index (χ0v) is 11.1. The maximum Gasteiger partial charge on any atom is 0.117 e. The molecule has 0 amide bonds. The van der Waals surface area contributed by atoms with E-state index in [1.54, 1.807) is 11.3 Å². The van der Waals surface area contributed by atoms with Crippen LogP contribution in [0.5, 0.6) is 0 Å². The number of nitrogens with one attached hydrogen (secondary N) is 1. The number of benzene rings is 1. The van der Waals surface area contributed by atoms with E-state index in [0.29, 0.717) is 0 Å². The van der Waals surface area contributed by atoms with E-state index in [2.05, 4.69) is 30.2 Å². The van der Waals surface area contributed by atoms with Crippen molar-refractivity contribution in [3.05, 3.63) is 40.3 Å². The van der Waals surface area contributed by atoms with Gasteiger partial charge in [-0.05, 0) is 44.5 Å². The largest absolute Gasteiger partial charge is 0.399 e. The van der Waals surface area contributed by atoms with Gasteiger partial charge in [0.15, 0.2) is 0 Å². The Morgan fingerprint density at radius 3 is 2.71 bits per heavy atom. The van der Waals surface area contributed by atoms with E-state index in [4.69, 9.17) is 5.73 Å². The lowest BCUT2D eigenvalue weighted by Gasteiger charge is -2.25. The molecule has 0 bridgehead atoms. The van der Waals surface area contributed by atoms with Crippen LogP contribution in [0.15, 0.2) is 29.8 Å². The second-order valence-electron chi connectivity index (χ2n) is 4.66. The molecule has 1 heterocycles. The zero-order valence-electron chi connectivity index (χ0n) is 10.3. The lowest BCUT2D eigenvalue weighted by molar-refractivity contribution is 0.604. The molecule has 0 aliphatic carbocycles. The van der Waals surface area contributed by atoms with Crippen LogP contribution in [0, 0.1) is 6.92 Å². The lowest BCUT2D eigenvalue weighted by atomic mass is 10.1. The van der Waals surface area contributed by atoms with Crippen molar-refractivity contribution in [3.8, 4) is 0 Å². The van der Waals surface area contributed by atoms with Gasteiger partial charge in [-0.2, -0.15) is 0 Å². The molecule has 0 spiro atoms. The van der Waals surface area contributed by atoms with Crippen molar-refractivity contribution in [3.63, 3.8) is 0 Å². The normalized spacial score (nSPS) is 11.5. The van der Waals surface area contributed by atoms with Gasteiger partial charge in [0.2, 0.25) is 0 Å². The maximum absolute atomic E-state index is 5.81. The predicted molar refractivity (Wildman–Crippen MR) is 74.4 cm³/mol. The van der Waals surface area contributed by atoms with Crippen LogP contribution in [0.4, 0.5) is 11.4 Å². The third kappa shape index (κ3) is 2.58. The molecule has 90 valence electrons. The molecule has 0 aliphatic rings. The summed E-state index contributed by atoms with van der Waals surface area (Å²) in [6, 6.07) is 5.98. The fraction of sp³-hybridized carbons (Fsp3) is 0.308. The van der Waals surface area contributed by atoms with Crippen molar-refractivity contribution in [1.29, 1.82) is 0 Å². The van der Waals surface area contributed by atoms with Crippen LogP contribution in [-0.4, -0.2) is 4.98 Å². The van der Waals surface area contributed by atoms with E-state index >= 15 is 0 Å². The van der Waals surface area contributed by atoms with Crippen molar-refractivity contribution in [2.75, 3.05) is 11.1 Å². The van der Waals surface area contributed by atoms with E-state index in [1.807, 2.05) is 30.6 Å². The average Bonchev–Trinajstić information content (AvgIpc) is 2.77. The third-order valence-electron chi connectivity index (χ3n) is 2.69. The number of nitrogen functional groups attached to an aromatic ring is 1. The Balaban J connectivity index is 2.23. The summed E-state index contributed by atoms with van der Waals surface area (Å²) in [4.78, 5) is 4.36. The van der Waals surface area contributed by atoms with Crippen LogP contribution in [0.25, 0.3) is 0 Å². The predicted octanol–water partition coefficient (Wildman–Crippen LogP) is 3.38. The minimum atomic E-state index is -0.170. The van der Waals surface area contributed by atoms with Gasteiger partial charge in [0, 0.05) is 23.0 Å². The standard InChI is InChI=1S/C13H17N3S/c1-9-8-10(4-5-11(9)14)16-13(2,3)12-15-6-7-17-12/h4-8,16H,14H2,1-3H3. The Hall–Kier alpha value is -1.55. The Labute approximate surface area is 106 Å². The number of nitrogens with two attached hydrogens (primary N) is 1. The van der Waals surface area contributed by atoms with Gasteiger partial charge in [0.1, 0.15) is 5.01 Å². The number of nitrogens with zero attached hydrogens (tertiary/aromatic N) is 1. The molecule has 0 fully saturated rings. The van der Waals surface area contributed by atoms with E-state index < -0.39 is 0 Å². The fourth-order valence-corrected chi connectivity index (χ4v) is 2.42. The van der Waals surface area contributed by atoms with Crippen LogP contribution in [-0.2, 0) is 5.54 Å². The van der Waals surface area contributed by atoms with Crippen molar-refractivity contribution in [2.24, 2.45) is 0 Å². The van der Waals surface area contributed by atoms with Gasteiger partial charge in [0.05, 0.1) is 5.54 Å². The van der Waals surface area contributed by atoms with Crippen molar-refractivity contribution in [2.45, 2.75) is 26.3 Å². The fourth-order valence-electron chi connectivity index (χ4n) is 1.70. The summed E-state index contributed by atoms with van der Waals surface area (Å²) in [5, 5.41) is 6.55. The highest BCUT2D eigenvalue weighted by molar-refractivity contribution is 7.09. The molecule has 0 saturated heterocycles. The summed E-state index contributed by atoms with van der Waals surface area (Å²) in [5.41, 5.74) is 8.62. The molecule has 1 aromatic carbocycles. The summed E-state index contributed by atoms with van der Waals surface area (Å²) in [7, 11) is 0. The van der Waals surface area contributed by atoms with Crippen molar-refractivity contribution in [1.82, 2.24) is 4.98 Å². The second-order valence-corrected chi connectivity index (χ2v) is 5.55. The maximum atomic E-state index is 5.81. The molecule has 17 heavy (non-hydrogen) atoms. The van der Waals surface area contributed by atoms with Crippen LogP contribution in [0.1, 0.15) is 24.4 Å². The third-order valence-corrected chi connectivity index (χ3v) is 3.79. The van der Waals surface area contributed by atoms with Gasteiger partial charge >= 0.3 is 0 Å². The molecule has 0 unspecified atom stereocenters. The summed E-state index contributed by atoms with van der Waals surface area (Å²) in [5.74, 6) is 0. The molecule has 3 nitrogen and oxygen atoms in total. The summed E-state index contributed by atoms with van der Waals surface area (Å²) in [6.45, 7) is 6.26. The van der Waals surface area contributed by atoms with Gasteiger partial charge < -0.3 is 11.1 Å². The summed E-state index contributed by atoms with van der Waals surface area (Å²) >= 11 is 1.66. The molecule has 1 aromatic heterocycles. The number of rotatable bonds is 3. The Morgan fingerprint density at radius 1 is 1.35 bits per heavy atom. The number of thiazole rings is 1. The molecule has 3 N–H and O–H groups in total. The van der Waals surface area contributed by atoms with E-state index in [-0.39, 0.29) is 5.54 Å². The minimum Gasteiger partial charge on any atom is -0.399 e. The first-order valence-electron chi connectivity index (χ1n) is 5.53. The Kier molecular flexibility index (Phi) is 3.07. The van der Waals surface area contributed by atoms with Crippen LogP contribution < -0.4 is 11.1 Å². The smallest absolute Gasteiger partial charge is 0.117 e. The second kappa shape index (κ2) is 4.37. The van der Waals surface area contributed by atoms with Gasteiger partial charge in [-0.1, -0.05) is 0 Å². The van der Waals surface area contributed by atoms with Crippen LogP contribution >= 0.6 is 11.3 Å². The molecule has 2 aromatic rings. The molecule has 0 atom stereocenters. The zero-order chi connectivity index (χ0) is 12.5. The Morgan fingerprint density at radius 2 is 2.12 bits per heavy atom. The first kappa shape index (κ1) is 11.9. The molecule has 0 saturated carbocycles. The quantitative estimate of drug-likeness (QED) is 0.817. The number of hydrogen-bond acceptors (Lipinski definition) is 4. The Bertz CT molecular complexity index is 503. The van der Waals surface area contributed by atoms with Gasteiger partial charge in [-0.3, -0.25) is 0 Å². The monoisotopic (exact) mass is 247 g/mol. The SMILES string of the molecule is Cc1cc(NC(C)(C)c2nccs2)ccc1N. The highest BCUT2D eigenvalue weighted by Crippen LogP contribution is 2.28.